The Bertz CT molecular complexity index is 3060. The highest BCUT2D eigenvalue weighted by Gasteiger charge is 2.33. The highest BCUT2D eigenvalue weighted by Crippen LogP contribution is 2.48. The van der Waals surface area contributed by atoms with Gasteiger partial charge in [-0.1, -0.05) is 121 Å². The molecule has 0 radical (unpaired) electrons. The van der Waals surface area contributed by atoms with Crippen LogP contribution < -0.4 is 0 Å². The van der Waals surface area contributed by atoms with Crippen molar-refractivity contribution in [2.45, 2.75) is 26.4 Å². The summed E-state index contributed by atoms with van der Waals surface area (Å²) in [7, 11) is 0. The first-order valence-electron chi connectivity index (χ1n) is 19.5. The van der Waals surface area contributed by atoms with Crippen molar-refractivity contribution < 1.29 is 9.53 Å². The fraction of sp³-hybridized carbons (Fsp3) is 0.0784. The Morgan fingerprint density at radius 3 is 1.31 bits per heavy atom. The van der Waals surface area contributed by atoms with Gasteiger partial charge >= 0.3 is 5.97 Å². The molecule has 3 N–H and O–H groups in total. The van der Waals surface area contributed by atoms with Crippen LogP contribution in [0.5, 0.6) is 0 Å². The van der Waals surface area contributed by atoms with E-state index in [9.17, 15) is 4.79 Å². The van der Waals surface area contributed by atoms with E-state index in [2.05, 4.69) is 124 Å². The lowest BCUT2D eigenvalue weighted by atomic mass is 9.96. The van der Waals surface area contributed by atoms with E-state index in [4.69, 9.17) is 14.7 Å². The first-order chi connectivity index (χ1) is 28.3. The molecule has 4 aromatic heterocycles. The Hall–Kier alpha value is -7.51. The van der Waals surface area contributed by atoms with E-state index in [-0.39, 0.29) is 0 Å². The Labute approximate surface area is 335 Å². The third-order valence-corrected chi connectivity index (χ3v) is 10.5. The van der Waals surface area contributed by atoms with Crippen LogP contribution in [0.3, 0.4) is 0 Å². The molecule has 8 aromatic rings. The quantitative estimate of drug-likeness (QED) is 0.152. The second-order valence-corrected chi connectivity index (χ2v) is 15.5. The lowest BCUT2D eigenvalue weighted by Gasteiger charge is -2.19. The molecule has 0 saturated carbocycles. The van der Waals surface area contributed by atoms with Gasteiger partial charge in [-0.15, -0.1) is 0 Å². The van der Waals surface area contributed by atoms with Crippen LogP contribution in [0.2, 0.25) is 0 Å². The van der Waals surface area contributed by atoms with Gasteiger partial charge < -0.3 is 19.7 Å². The summed E-state index contributed by atoms with van der Waals surface area (Å²) < 4.78 is 6.03. The normalized spacial score (nSPS) is 12.1. The SMILES string of the molecule is CC(C)(C)OC(=O)c1[nH]cc2c1-c1nc-2c(-c2ccccc2)c2ccc([nH]2)c(-c2ccccc2)c2nc(c(-c3ccccc3)c3ccc([nH]3)c1-c1ccccc1)C=C2. The van der Waals surface area contributed by atoms with E-state index in [1.165, 1.54) is 0 Å². The smallest absolute Gasteiger partial charge is 0.355 e. The molecule has 7 heteroatoms. The number of aromatic nitrogens is 5. The summed E-state index contributed by atoms with van der Waals surface area (Å²) in [6.07, 6.45) is 6.11. The third kappa shape index (κ3) is 6.14. The molecule has 8 bridgehead atoms. The van der Waals surface area contributed by atoms with Crippen LogP contribution in [-0.4, -0.2) is 36.5 Å². The number of benzene rings is 4. The number of aromatic amines is 3. The fourth-order valence-electron chi connectivity index (χ4n) is 8.10. The van der Waals surface area contributed by atoms with Gasteiger partial charge in [-0.2, -0.15) is 0 Å². The monoisotopic (exact) mass is 753 g/mol. The highest BCUT2D eigenvalue weighted by molar-refractivity contribution is 6.10. The minimum absolute atomic E-state index is 0.348. The first-order valence-corrected chi connectivity index (χ1v) is 19.5. The minimum Gasteiger partial charge on any atom is -0.455 e. The van der Waals surface area contributed by atoms with Gasteiger partial charge in [0.1, 0.15) is 11.3 Å². The van der Waals surface area contributed by atoms with E-state index >= 15 is 0 Å². The van der Waals surface area contributed by atoms with Crippen molar-refractivity contribution in [3.05, 3.63) is 169 Å². The van der Waals surface area contributed by atoms with Crippen molar-refractivity contribution in [2.75, 3.05) is 0 Å². The lowest BCUT2D eigenvalue weighted by Crippen LogP contribution is -2.24. The van der Waals surface area contributed by atoms with Crippen molar-refractivity contribution in [1.29, 1.82) is 0 Å². The van der Waals surface area contributed by atoms with Gasteiger partial charge in [0.05, 0.1) is 22.8 Å². The number of nitrogens with zero attached hydrogens (tertiary/aromatic N) is 2. The van der Waals surface area contributed by atoms with Crippen LogP contribution in [-0.2, 0) is 4.74 Å². The van der Waals surface area contributed by atoms with Gasteiger partial charge in [0.15, 0.2) is 0 Å². The van der Waals surface area contributed by atoms with Gasteiger partial charge in [0.25, 0.3) is 0 Å². The topological polar surface area (TPSA) is 99.5 Å². The van der Waals surface area contributed by atoms with E-state index in [0.29, 0.717) is 17.0 Å². The van der Waals surface area contributed by atoms with Crippen LogP contribution in [0.4, 0.5) is 0 Å². The van der Waals surface area contributed by atoms with Crippen molar-refractivity contribution in [2.24, 2.45) is 0 Å². The Morgan fingerprint density at radius 2 is 0.879 bits per heavy atom. The molecule has 58 heavy (non-hydrogen) atoms. The van der Waals surface area contributed by atoms with Gasteiger partial charge in [-0.25, -0.2) is 14.8 Å². The molecule has 0 saturated heterocycles. The molecular weight excluding hydrogens is 715 g/mol. The van der Waals surface area contributed by atoms with Gasteiger partial charge in [0, 0.05) is 61.6 Å². The molecule has 6 heterocycles. The predicted molar refractivity (Wildman–Crippen MR) is 236 cm³/mol. The highest BCUT2D eigenvalue weighted by atomic mass is 16.6. The van der Waals surface area contributed by atoms with Crippen LogP contribution in [0.1, 0.15) is 42.6 Å². The number of H-pyrrole nitrogens is 3. The van der Waals surface area contributed by atoms with Crippen molar-refractivity contribution >= 4 is 40.2 Å². The average molecular weight is 754 g/mol. The molecule has 0 fully saturated rings. The Kier molecular flexibility index (Phi) is 8.38. The zero-order chi connectivity index (χ0) is 39.4. The molecular formula is C51H39N5O2. The summed E-state index contributed by atoms with van der Waals surface area (Å²) in [5, 5.41) is 0. The standard InChI is InChI=1S/C51H39N5O2/c1-51(2,3)58-50(57)49-46-35(30-52-49)47-44(33-20-12-6-13-21-33)40-28-26-38(54-40)42(31-16-8-4-9-17-31)36-24-25-37(53-36)43(32-18-10-5-11-19-32)39-27-29-41(55-39)45(48(46)56-47)34-22-14-7-15-23-34/h4-30,52,54-55H,1-3H3. The van der Waals surface area contributed by atoms with Crippen molar-refractivity contribution in [3.63, 3.8) is 0 Å². The maximum Gasteiger partial charge on any atom is 0.355 e. The fourth-order valence-corrected chi connectivity index (χ4v) is 8.10. The summed E-state index contributed by atoms with van der Waals surface area (Å²) in [4.78, 5) is 36.1. The Morgan fingerprint density at radius 1 is 0.483 bits per heavy atom. The van der Waals surface area contributed by atoms with E-state index in [0.717, 1.165) is 89.2 Å². The largest absolute Gasteiger partial charge is 0.455 e. The summed E-state index contributed by atoms with van der Waals surface area (Å²) >= 11 is 0. The number of hydrogen-bond donors (Lipinski definition) is 3. The number of fused-ring (bicyclic) bond motifs is 11. The van der Waals surface area contributed by atoms with Crippen molar-refractivity contribution in [1.82, 2.24) is 24.9 Å². The van der Waals surface area contributed by atoms with Gasteiger partial charge in [0.2, 0.25) is 0 Å². The number of carbonyl (C=O) groups is 1. The second-order valence-electron chi connectivity index (χ2n) is 15.5. The summed E-state index contributed by atoms with van der Waals surface area (Å²) in [5.74, 6) is -0.448. The second kappa shape index (κ2) is 13.9. The van der Waals surface area contributed by atoms with E-state index in [1.807, 2.05) is 75.5 Å². The van der Waals surface area contributed by atoms with Crippen molar-refractivity contribution in [3.8, 4) is 67.0 Å². The third-order valence-electron chi connectivity index (χ3n) is 10.5. The molecule has 0 spiro atoms. The van der Waals surface area contributed by atoms with Gasteiger partial charge in [-0.3, -0.25) is 0 Å². The number of rotatable bonds is 5. The average Bonchev–Trinajstić information content (AvgIpc) is 4.09. The maximum absolute atomic E-state index is 14.1. The molecule has 2 aliphatic heterocycles. The van der Waals surface area contributed by atoms with Crippen LogP contribution in [0, 0.1) is 0 Å². The molecule has 7 nitrogen and oxygen atoms in total. The summed E-state index contributed by atoms with van der Waals surface area (Å²) in [5.41, 5.74) is 15.4. The summed E-state index contributed by atoms with van der Waals surface area (Å²) in [6, 6.07) is 49.7. The number of esters is 1. The number of carbonyl (C=O) groups excluding carboxylic acids is 1. The molecule has 10 rings (SSSR count). The molecule has 2 aliphatic rings. The molecule has 280 valence electrons. The molecule has 0 unspecified atom stereocenters. The number of hydrogen-bond acceptors (Lipinski definition) is 4. The molecule has 0 aliphatic carbocycles. The summed E-state index contributed by atoms with van der Waals surface area (Å²) in [6.45, 7) is 5.64. The van der Waals surface area contributed by atoms with Crippen LogP contribution >= 0.6 is 0 Å². The lowest BCUT2D eigenvalue weighted by molar-refractivity contribution is 0.00645. The molecule has 0 amide bonds. The zero-order valence-corrected chi connectivity index (χ0v) is 32.3. The van der Waals surface area contributed by atoms with E-state index < -0.39 is 11.6 Å². The van der Waals surface area contributed by atoms with Gasteiger partial charge in [-0.05, 0) is 79.4 Å². The first kappa shape index (κ1) is 34.9. The zero-order valence-electron chi connectivity index (χ0n) is 32.3. The number of nitrogens with one attached hydrogen (secondary N) is 3. The predicted octanol–water partition coefficient (Wildman–Crippen LogP) is 12.8. The van der Waals surface area contributed by atoms with Crippen LogP contribution in [0.15, 0.2) is 152 Å². The molecule has 4 aromatic carbocycles. The van der Waals surface area contributed by atoms with Crippen LogP contribution in [0.25, 0.3) is 101 Å². The minimum atomic E-state index is -0.711. The van der Waals surface area contributed by atoms with E-state index in [1.54, 1.807) is 0 Å². The maximum atomic E-state index is 14.1. The Balaban J connectivity index is 1.44. The molecule has 0 atom stereocenters. The number of ether oxygens (including phenoxy) is 1.